The zero-order valence-electron chi connectivity index (χ0n) is 10.9. The number of benzene rings is 1. The average Bonchev–Trinajstić information content (AvgIpc) is 2.92. The van der Waals surface area contributed by atoms with Crippen LogP contribution in [0.5, 0.6) is 5.75 Å². The molecule has 5 heteroatoms. The highest BCUT2D eigenvalue weighted by molar-refractivity contribution is 6.33. The quantitative estimate of drug-likeness (QED) is 0.910. The van der Waals surface area contributed by atoms with Crippen molar-refractivity contribution in [3.05, 3.63) is 28.3 Å². The second kappa shape index (κ2) is 6.02. The van der Waals surface area contributed by atoms with Crippen LogP contribution in [0.3, 0.4) is 0 Å². The first-order chi connectivity index (χ1) is 8.81. The van der Waals surface area contributed by atoms with Gasteiger partial charge in [0, 0.05) is 12.5 Å². The first-order valence-electron chi connectivity index (χ1n) is 6.44. The molecule has 104 valence electrons. The van der Waals surface area contributed by atoms with Crippen molar-refractivity contribution >= 4 is 29.8 Å². The Hall–Kier alpha value is -0.930. The average molecular weight is 301 g/mol. The first-order valence-corrected chi connectivity index (χ1v) is 6.82. The summed E-state index contributed by atoms with van der Waals surface area (Å²) >= 11 is 6.41. The SMILES string of the molecule is COc1ccc2c(c1Cl)CCCC2C1=NCCN1.Cl. The van der Waals surface area contributed by atoms with Crippen LogP contribution in [0, 0.1) is 0 Å². The molecule has 1 unspecified atom stereocenters. The van der Waals surface area contributed by atoms with Gasteiger partial charge in [0.15, 0.2) is 0 Å². The van der Waals surface area contributed by atoms with E-state index >= 15 is 0 Å². The molecule has 3 rings (SSSR count). The van der Waals surface area contributed by atoms with Crippen LogP contribution in [0.1, 0.15) is 29.9 Å². The maximum atomic E-state index is 6.41. The van der Waals surface area contributed by atoms with Gasteiger partial charge in [-0.05, 0) is 36.5 Å². The van der Waals surface area contributed by atoms with E-state index in [1.54, 1.807) is 7.11 Å². The van der Waals surface area contributed by atoms with Crippen LogP contribution >= 0.6 is 24.0 Å². The van der Waals surface area contributed by atoms with Gasteiger partial charge in [0.25, 0.3) is 0 Å². The van der Waals surface area contributed by atoms with E-state index in [1.165, 1.54) is 11.1 Å². The molecule has 1 aliphatic carbocycles. The highest BCUT2D eigenvalue weighted by atomic mass is 35.5. The summed E-state index contributed by atoms with van der Waals surface area (Å²) in [6.07, 6.45) is 3.35. The Labute approximate surface area is 124 Å². The molecule has 1 atom stereocenters. The van der Waals surface area contributed by atoms with E-state index in [9.17, 15) is 0 Å². The molecule has 1 aromatic rings. The predicted molar refractivity (Wildman–Crippen MR) is 81.2 cm³/mol. The van der Waals surface area contributed by atoms with E-state index in [0.29, 0.717) is 5.92 Å². The number of rotatable bonds is 2. The summed E-state index contributed by atoms with van der Waals surface area (Å²) in [4.78, 5) is 4.56. The Balaban J connectivity index is 0.00000133. The van der Waals surface area contributed by atoms with E-state index in [-0.39, 0.29) is 12.4 Å². The lowest BCUT2D eigenvalue weighted by molar-refractivity contribution is 0.413. The fourth-order valence-corrected chi connectivity index (χ4v) is 3.27. The minimum Gasteiger partial charge on any atom is -0.495 e. The number of fused-ring (bicyclic) bond motifs is 1. The summed E-state index contributed by atoms with van der Waals surface area (Å²) in [7, 11) is 1.66. The normalized spacial score (nSPS) is 20.9. The largest absolute Gasteiger partial charge is 0.495 e. The molecule has 0 bridgehead atoms. The van der Waals surface area contributed by atoms with Crippen molar-refractivity contribution in [2.45, 2.75) is 25.2 Å². The number of nitrogens with zero attached hydrogens (tertiary/aromatic N) is 1. The molecule has 3 nitrogen and oxygen atoms in total. The number of hydrogen-bond donors (Lipinski definition) is 1. The number of methoxy groups -OCH3 is 1. The van der Waals surface area contributed by atoms with Gasteiger partial charge in [-0.1, -0.05) is 17.7 Å². The number of nitrogens with one attached hydrogen (secondary N) is 1. The van der Waals surface area contributed by atoms with Crippen LogP contribution in [0.2, 0.25) is 5.02 Å². The van der Waals surface area contributed by atoms with Gasteiger partial charge in [0.1, 0.15) is 11.6 Å². The van der Waals surface area contributed by atoms with E-state index < -0.39 is 0 Å². The fraction of sp³-hybridized carbons (Fsp3) is 0.500. The topological polar surface area (TPSA) is 33.6 Å². The lowest BCUT2D eigenvalue weighted by atomic mass is 9.82. The molecule has 1 N–H and O–H groups in total. The van der Waals surface area contributed by atoms with Crippen molar-refractivity contribution in [3.8, 4) is 5.75 Å². The molecular weight excluding hydrogens is 283 g/mol. The molecule has 0 fully saturated rings. The van der Waals surface area contributed by atoms with Crippen LogP contribution in [0.15, 0.2) is 17.1 Å². The Morgan fingerprint density at radius 1 is 1.42 bits per heavy atom. The predicted octanol–water partition coefficient (Wildman–Crippen LogP) is 3.19. The molecule has 0 saturated heterocycles. The standard InChI is InChI=1S/C14H17ClN2O.ClH/c1-18-12-6-5-9-10(13(12)15)3-2-4-11(9)14-16-7-8-17-14;/h5-6,11H,2-4,7-8H2,1H3,(H,16,17);1H. The molecular formula is C14H18Cl2N2O. The second-order valence-corrected chi connectivity index (χ2v) is 5.17. The van der Waals surface area contributed by atoms with Gasteiger partial charge in [-0.15, -0.1) is 12.4 Å². The van der Waals surface area contributed by atoms with Crippen molar-refractivity contribution in [1.82, 2.24) is 5.32 Å². The summed E-state index contributed by atoms with van der Waals surface area (Å²) < 4.78 is 5.29. The van der Waals surface area contributed by atoms with Gasteiger partial charge in [-0.25, -0.2) is 0 Å². The third-order valence-electron chi connectivity index (χ3n) is 3.79. The number of halogens is 2. The van der Waals surface area contributed by atoms with E-state index in [1.807, 2.05) is 6.07 Å². The highest BCUT2D eigenvalue weighted by Gasteiger charge is 2.28. The smallest absolute Gasteiger partial charge is 0.137 e. The molecule has 0 radical (unpaired) electrons. The molecule has 0 amide bonds. The molecule has 1 aromatic carbocycles. The van der Waals surface area contributed by atoms with Crippen LogP contribution < -0.4 is 10.1 Å². The Morgan fingerprint density at radius 2 is 2.26 bits per heavy atom. The van der Waals surface area contributed by atoms with Gasteiger partial charge < -0.3 is 10.1 Å². The third kappa shape index (κ3) is 2.54. The van der Waals surface area contributed by atoms with Gasteiger partial charge >= 0.3 is 0 Å². The monoisotopic (exact) mass is 300 g/mol. The van der Waals surface area contributed by atoms with Crippen molar-refractivity contribution < 1.29 is 4.74 Å². The third-order valence-corrected chi connectivity index (χ3v) is 4.20. The van der Waals surface area contributed by atoms with Gasteiger partial charge in [0.05, 0.1) is 18.7 Å². The lowest BCUT2D eigenvalue weighted by Crippen LogP contribution is -2.28. The van der Waals surface area contributed by atoms with Crippen LogP contribution in [0.25, 0.3) is 0 Å². The molecule has 0 spiro atoms. The number of ether oxygens (including phenoxy) is 1. The molecule has 2 aliphatic rings. The number of aliphatic imine (C=N–C) groups is 1. The maximum Gasteiger partial charge on any atom is 0.137 e. The molecule has 1 aliphatic heterocycles. The van der Waals surface area contributed by atoms with Crippen LogP contribution in [-0.4, -0.2) is 26.0 Å². The minimum absolute atomic E-state index is 0. The van der Waals surface area contributed by atoms with Crippen molar-refractivity contribution in [2.24, 2.45) is 4.99 Å². The number of amidine groups is 1. The molecule has 19 heavy (non-hydrogen) atoms. The Bertz CT molecular complexity index is 502. The summed E-state index contributed by atoms with van der Waals surface area (Å²) in [5, 5.41) is 4.17. The van der Waals surface area contributed by atoms with Gasteiger partial charge in [-0.2, -0.15) is 0 Å². The van der Waals surface area contributed by atoms with E-state index in [2.05, 4.69) is 16.4 Å². The maximum absolute atomic E-state index is 6.41. The summed E-state index contributed by atoms with van der Waals surface area (Å²) in [6, 6.07) is 4.11. The lowest BCUT2D eigenvalue weighted by Gasteiger charge is -2.27. The zero-order chi connectivity index (χ0) is 12.5. The molecule has 0 saturated carbocycles. The summed E-state index contributed by atoms with van der Waals surface area (Å²) in [5.74, 6) is 2.30. The second-order valence-electron chi connectivity index (χ2n) is 4.79. The van der Waals surface area contributed by atoms with E-state index in [0.717, 1.165) is 49.0 Å². The number of hydrogen-bond acceptors (Lipinski definition) is 3. The first kappa shape index (κ1) is 14.5. The molecule has 0 aromatic heterocycles. The van der Waals surface area contributed by atoms with Crippen molar-refractivity contribution in [2.75, 3.05) is 20.2 Å². The minimum atomic E-state index is 0. The summed E-state index contributed by atoms with van der Waals surface area (Å²) in [6.45, 7) is 1.86. The highest BCUT2D eigenvalue weighted by Crippen LogP contribution is 2.40. The van der Waals surface area contributed by atoms with Crippen molar-refractivity contribution in [1.29, 1.82) is 0 Å². The van der Waals surface area contributed by atoms with Crippen LogP contribution in [0.4, 0.5) is 0 Å². The fourth-order valence-electron chi connectivity index (χ4n) is 2.92. The zero-order valence-corrected chi connectivity index (χ0v) is 12.5. The van der Waals surface area contributed by atoms with Crippen LogP contribution in [-0.2, 0) is 6.42 Å². The Kier molecular flexibility index (Phi) is 4.58. The molecule has 1 heterocycles. The van der Waals surface area contributed by atoms with Gasteiger partial charge in [-0.3, -0.25) is 4.99 Å². The van der Waals surface area contributed by atoms with Gasteiger partial charge in [0.2, 0.25) is 0 Å². The van der Waals surface area contributed by atoms with E-state index in [4.69, 9.17) is 16.3 Å². The Morgan fingerprint density at radius 3 is 2.95 bits per heavy atom. The summed E-state index contributed by atoms with van der Waals surface area (Å²) in [5.41, 5.74) is 2.56. The van der Waals surface area contributed by atoms with Crippen molar-refractivity contribution in [3.63, 3.8) is 0 Å².